The fourth-order valence-corrected chi connectivity index (χ4v) is 11.1. The number of halogens is 5. The molecule has 0 amide bonds. The highest BCUT2D eigenvalue weighted by Crippen LogP contribution is 2.29. The van der Waals surface area contributed by atoms with Crippen molar-refractivity contribution in [3.63, 3.8) is 0 Å². The van der Waals surface area contributed by atoms with Gasteiger partial charge in [-0.25, -0.2) is 57.1 Å². The number of azide groups is 1. The first-order chi connectivity index (χ1) is 61.7. The zero-order chi connectivity index (χ0) is 98.3. The minimum absolute atomic E-state index is 0.00449. The summed E-state index contributed by atoms with van der Waals surface area (Å²) in [6.07, 6.45) is 2.57. The second-order valence-electron chi connectivity index (χ2n) is 23.4. The predicted octanol–water partition coefficient (Wildman–Crippen LogP) is 16.6. The fraction of sp³-hybridized carbons (Fsp3) is 0.149. The third-order valence-corrected chi connectivity index (χ3v) is 18.4. The van der Waals surface area contributed by atoms with Crippen LogP contribution in [0, 0.1) is 9.39 Å². The van der Waals surface area contributed by atoms with Gasteiger partial charge >= 0.3 is 65.7 Å². The van der Waals surface area contributed by atoms with Crippen LogP contribution in [0.5, 0.6) is 63.2 Å². The molecule has 11 aromatic rings. The van der Waals surface area contributed by atoms with Crippen LogP contribution in [0.4, 0.5) is 4.39 Å². The predicted molar refractivity (Wildman–Crippen MR) is 483 cm³/mol. The molecule has 37 nitrogen and oxygen atoms in total. The molecule has 0 aliphatic heterocycles. The molecule has 0 bridgehead atoms. The Morgan fingerprint density at radius 3 is 1.14 bits per heavy atom. The third-order valence-electron chi connectivity index (χ3n) is 14.8. The van der Waals surface area contributed by atoms with Crippen molar-refractivity contribution in [3.05, 3.63) is 311 Å². The molecule has 11 rings (SSSR count). The number of ether oxygens (including phenoxy) is 12. The van der Waals surface area contributed by atoms with Crippen LogP contribution in [-0.2, 0) is 58.7 Å². The Hall–Kier alpha value is -14.8. The summed E-state index contributed by atoms with van der Waals surface area (Å²) in [6, 6.07) is 46.6. The smallest absolute Gasteiger partial charge is 0.351 e. The van der Waals surface area contributed by atoms with Crippen LogP contribution in [-0.4, -0.2) is 207 Å². The van der Waals surface area contributed by atoms with Gasteiger partial charge in [0, 0.05) is 29.7 Å². The number of hydrogen-bond donors (Lipinski definition) is 10. The van der Waals surface area contributed by atoms with Gasteiger partial charge in [-0.2, -0.15) is 0 Å². The van der Waals surface area contributed by atoms with E-state index in [9.17, 15) is 67.3 Å². The van der Waals surface area contributed by atoms with E-state index < -0.39 is 59.5 Å². The molecule has 43 heteroatoms. The topological polar surface area (TPSA) is 562 Å². The van der Waals surface area contributed by atoms with Gasteiger partial charge in [0.25, 0.3) is 0 Å². The number of nitrogens with zero attached hydrogens (tertiary/aromatic N) is 4. The van der Waals surface area contributed by atoms with E-state index in [0.29, 0.717) is 55.9 Å². The van der Waals surface area contributed by atoms with Crippen LogP contribution in [0.15, 0.2) is 230 Å². The van der Waals surface area contributed by atoms with Crippen LogP contribution >= 0.6 is 81.7 Å². The lowest BCUT2D eigenvalue weighted by Gasteiger charge is -2.04. The van der Waals surface area contributed by atoms with Gasteiger partial charge in [-0.15, -0.1) is 11.3 Å². The Kier molecular flexibility index (Phi) is 53.6. The standard InChI is InChI=1S/C9H9N3O2.C9H10O4.3C8H7BrO3.C8H7FO3.C8H7IO3.2C8H8O3.C7H7NO3.C6H6O3S/c1-14-9(13)8-4-2-7(3-5-8)6-11-12-10;1-12-8-5-6(9(11)13-2)3-4-7(8)10;1-12-8(11)5-2-3-7(10)6(9)4-5;1-12-8(11)6-3-2-5(10)4-7(6)9;1-12-8(11)6-3-2-5(9)4-7(6)10;2*1-12-8(11)6-3-2-5(10)4-7(6)9;2*1-11-8(10)6-2-4-7(9)5-3-6;1-11-7(10)5-2-6(9)4-8-3-5;1-9-6(8)5-4(7)2-3-10-5/h2-5H,6H2,1H3;3-5,10H,1-2H3;5*2-4,10H,1H3;2*2-5,9H,1H3;2-4,9H,1H3;2-3,7H,1H3. The van der Waals surface area contributed by atoms with Gasteiger partial charge in [-0.05, 0) is 247 Å². The maximum Gasteiger partial charge on any atom is 0.351 e. The summed E-state index contributed by atoms with van der Waals surface area (Å²) in [6.45, 7) is 0.290. The second-order valence-corrected chi connectivity index (χ2v) is 28.1. The number of rotatable bonds is 14. The van der Waals surface area contributed by atoms with Crippen LogP contribution in [0.3, 0.4) is 0 Å². The van der Waals surface area contributed by atoms with Gasteiger partial charge in [0.1, 0.15) is 63.1 Å². The number of hydrogen-bond acceptors (Lipinski definition) is 36. The Bertz CT molecular complexity index is 5320. The molecule has 0 aliphatic carbocycles. The molecule has 10 N–H and O–H groups in total. The maximum absolute atomic E-state index is 12.8. The molecular weight excluding hydrogens is 2050 g/mol. The zero-order valence-electron chi connectivity index (χ0n) is 70.4. The number of benzene rings is 9. The monoisotopic (exact) mass is 2130 g/mol. The van der Waals surface area contributed by atoms with Gasteiger partial charge in [-0.1, -0.05) is 33.2 Å². The summed E-state index contributed by atoms with van der Waals surface area (Å²) in [4.78, 5) is 126. The molecule has 0 atom stereocenters. The normalized spacial score (nSPS) is 9.33. The van der Waals surface area contributed by atoms with Crippen molar-refractivity contribution >= 4 is 147 Å². The van der Waals surface area contributed by atoms with E-state index in [1.807, 2.05) is 22.6 Å². The average molecular weight is 2130 g/mol. The molecule has 0 aliphatic rings. The van der Waals surface area contributed by atoms with Crippen molar-refractivity contribution in [1.82, 2.24) is 4.98 Å². The summed E-state index contributed by atoms with van der Waals surface area (Å²) >= 11 is 12.5. The largest absolute Gasteiger partial charge is 0.508 e. The zero-order valence-corrected chi connectivity index (χ0v) is 78.1. The Morgan fingerprint density at radius 2 is 0.731 bits per heavy atom. The molecule has 0 fully saturated rings. The van der Waals surface area contributed by atoms with E-state index in [4.69, 9.17) is 51.1 Å². The highest BCUT2D eigenvalue weighted by atomic mass is 127. The third kappa shape index (κ3) is 41.6. The molecule has 130 heavy (non-hydrogen) atoms. The number of carbonyl (C=O) groups excluding carboxylic acids is 11. The van der Waals surface area contributed by atoms with E-state index >= 15 is 0 Å². The van der Waals surface area contributed by atoms with E-state index in [2.05, 4.69) is 115 Å². The highest BCUT2D eigenvalue weighted by Gasteiger charge is 2.17. The van der Waals surface area contributed by atoms with Gasteiger partial charge in [-0.3, -0.25) is 4.98 Å². The molecule has 0 saturated carbocycles. The molecule has 0 unspecified atom stereocenters. The number of carbonyl (C=O) groups is 11. The number of thiophene rings is 1. The van der Waals surface area contributed by atoms with Crippen molar-refractivity contribution in [2.75, 3.05) is 85.3 Å². The SMILES string of the molecule is COC(=O)c1ccc(Br)cc1O.COC(=O)c1ccc(CN=[N+]=[N-])cc1.COC(=O)c1ccc(O)c(Br)c1.COC(=O)c1ccc(O)c(OC)c1.COC(=O)c1ccc(O)cc1.COC(=O)c1ccc(O)cc1.COC(=O)c1ccc(O)cc1Br.COC(=O)c1ccc(O)cc1F.COC(=O)c1ccc(O)cc1I.COC(=O)c1cncc(O)c1.COC(=O)c1sccc1O. The number of aromatic hydroxyl groups is 10. The minimum Gasteiger partial charge on any atom is -0.508 e. The molecular formula is C87H83Br3FIN4O33S. The van der Waals surface area contributed by atoms with Crippen molar-refractivity contribution in [2.45, 2.75) is 6.54 Å². The van der Waals surface area contributed by atoms with Gasteiger partial charge < -0.3 is 108 Å². The molecule has 9 aromatic carbocycles. The first kappa shape index (κ1) is 113. The molecule has 2 heterocycles. The number of phenols is 8. The van der Waals surface area contributed by atoms with Crippen molar-refractivity contribution in [3.8, 4) is 63.2 Å². The van der Waals surface area contributed by atoms with Crippen molar-refractivity contribution in [2.24, 2.45) is 5.11 Å². The summed E-state index contributed by atoms with van der Waals surface area (Å²) in [5, 5.41) is 95.0. The minimum atomic E-state index is -0.790. The first-order valence-electron chi connectivity index (χ1n) is 35.5. The van der Waals surface area contributed by atoms with E-state index in [-0.39, 0.29) is 103 Å². The first-order valence-corrected chi connectivity index (χ1v) is 39.8. The number of phenolic OH excluding ortho intramolecular Hbond substituents is 8. The fourth-order valence-electron chi connectivity index (χ4n) is 8.41. The van der Waals surface area contributed by atoms with Crippen molar-refractivity contribution in [1.29, 1.82) is 0 Å². The molecule has 0 spiro atoms. The lowest BCUT2D eigenvalue weighted by Crippen LogP contribution is -2.03. The summed E-state index contributed by atoms with van der Waals surface area (Å²) < 4.78 is 69.0. The Morgan fingerprint density at radius 1 is 0.354 bits per heavy atom. The Labute approximate surface area is 783 Å². The molecule has 0 radical (unpaired) electrons. The lowest BCUT2D eigenvalue weighted by molar-refractivity contribution is 0.0586. The van der Waals surface area contributed by atoms with Crippen LogP contribution in [0.1, 0.15) is 119 Å². The van der Waals surface area contributed by atoms with E-state index in [1.54, 1.807) is 35.7 Å². The quantitative estimate of drug-likeness (QED) is 0.0121. The van der Waals surface area contributed by atoms with Gasteiger partial charge in [0.2, 0.25) is 0 Å². The summed E-state index contributed by atoms with van der Waals surface area (Å²) in [5.41, 5.74) is 12.1. The Balaban J connectivity index is 0.000000716. The number of aromatic nitrogens is 1. The van der Waals surface area contributed by atoms with Crippen LogP contribution < -0.4 is 4.74 Å². The van der Waals surface area contributed by atoms with Crippen molar-refractivity contribution < 1.29 is 165 Å². The molecule has 690 valence electrons. The lowest BCUT2D eigenvalue weighted by atomic mass is 10.1. The van der Waals surface area contributed by atoms with E-state index in [1.165, 1.54) is 242 Å². The average Bonchev–Trinajstić information content (AvgIpc) is 1.12. The number of methoxy groups -OCH3 is 12. The summed E-state index contributed by atoms with van der Waals surface area (Å²) in [5.74, 6) is -5.46. The number of pyridine rings is 1. The maximum atomic E-state index is 12.8. The highest BCUT2D eigenvalue weighted by molar-refractivity contribution is 14.1. The summed E-state index contributed by atoms with van der Waals surface area (Å²) in [7, 11) is 15.6. The molecule has 0 saturated heterocycles. The molecule has 2 aromatic heterocycles. The second kappa shape index (κ2) is 61.6. The van der Waals surface area contributed by atoms with Gasteiger partial charge in [0.05, 0.1) is 153 Å². The van der Waals surface area contributed by atoms with Crippen LogP contribution in [0.25, 0.3) is 10.4 Å². The number of esters is 11. The van der Waals surface area contributed by atoms with E-state index in [0.717, 1.165) is 36.1 Å². The van der Waals surface area contributed by atoms with Gasteiger partial charge in [0.15, 0.2) is 16.4 Å². The van der Waals surface area contributed by atoms with Crippen LogP contribution in [0.2, 0.25) is 0 Å².